The standard InChI is InChI=1S/C10H17N3O3S/c1-2-13-10(11-7-12-13)9(14)5-8-3-4-17(15,16)6-8/h7-9,14H,2-6H2,1H3. The second-order valence-corrected chi connectivity index (χ2v) is 6.68. The third kappa shape index (κ3) is 2.84. The third-order valence-corrected chi connectivity index (χ3v) is 4.96. The summed E-state index contributed by atoms with van der Waals surface area (Å²) >= 11 is 0. The Bertz CT molecular complexity index is 483. The number of sulfone groups is 1. The van der Waals surface area contributed by atoms with Gasteiger partial charge in [-0.05, 0) is 25.7 Å². The first-order chi connectivity index (χ1) is 8.02. The molecular weight excluding hydrogens is 242 g/mol. The first-order valence-electron chi connectivity index (χ1n) is 5.78. The zero-order chi connectivity index (χ0) is 12.5. The lowest BCUT2D eigenvalue weighted by molar-refractivity contribution is 0.134. The average Bonchev–Trinajstić information content (AvgIpc) is 2.84. The fraction of sp³-hybridized carbons (Fsp3) is 0.800. The largest absolute Gasteiger partial charge is 0.385 e. The Morgan fingerprint density at radius 3 is 3.00 bits per heavy atom. The topological polar surface area (TPSA) is 85.1 Å². The number of aromatic nitrogens is 3. The van der Waals surface area contributed by atoms with Crippen LogP contribution >= 0.6 is 0 Å². The monoisotopic (exact) mass is 259 g/mol. The van der Waals surface area contributed by atoms with Gasteiger partial charge in [0.1, 0.15) is 12.4 Å². The molecule has 1 aromatic rings. The maximum Gasteiger partial charge on any atom is 0.155 e. The number of hydrogen-bond donors (Lipinski definition) is 1. The quantitative estimate of drug-likeness (QED) is 0.832. The van der Waals surface area contributed by atoms with Gasteiger partial charge in [0.2, 0.25) is 0 Å². The van der Waals surface area contributed by atoms with Crippen molar-refractivity contribution in [2.45, 2.75) is 32.4 Å². The van der Waals surface area contributed by atoms with E-state index < -0.39 is 15.9 Å². The van der Waals surface area contributed by atoms with E-state index in [1.807, 2.05) is 6.92 Å². The van der Waals surface area contributed by atoms with Gasteiger partial charge in [-0.2, -0.15) is 5.10 Å². The van der Waals surface area contributed by atoms with E-state index >= 15 is 0 Å². The van der Waals surface area contributed by atoms with Crippen molar-refractivity contribution in [1.82, 2.24) is 14.8 Å². The van der Waals surface area contributed by atoms with E-state index in [-0.39, 0.29) is 17.4 Å². The van der Waals surface area contributed by atoms with Crippen LogP contribution in [0.4, 0.5) is 0 Å². The first kappa shape index (κ1) is 12.5. The van der Waals surface area contributed by atoms with Crippen molar-refractivity contribution in [3.8, 4) is 0 Å². The summed E-state index contributed by atoms with van der Waals surface area (Å²) in [6, 6.07) is 0. The molecule has 1 N–H and O–H groups in total. The molecule has 0 saturated carbocycles. The smallest absolute Gasteiger partial charge is 0.155 e. The van der Waals surface area contributed by atoms with Crippen molar-refractivity contribution < 1.29 is 13.5 Å². The van der Waals surface area contributed by atoms with Crippen molar-refractivity contribution in [3.05, 3.63) is 12.2 Å². The SMILES string of the molecule is CCn1ncnc1C(O)CC1CCS(=O)(=O)C1. The molecule has 0 aliphatic carbocycles. The molecule has 1 aromatic heterocycles. The molecule has 2 heterocycles. The lowest BCUT2D eigenvalue weighted by Crippen LogP contribution is -2.14. The predicted octanol–water partition coefficient (Wildman–Crippen LogP) is 0.156. The van der Waals surface area contributed by atoms with Crippen LogP contribution in [0.15, 0.2) is 6.33 Å². The Morgan fingerprint density at radius 2 is 2.41 bits per heavy atom. The Morgan fingerprint density at radius 1 is 1.65 bits per heavy atom. The highest BCUT2D eigenvalue weighted by atomic mass is 32.2. The van der Waals surface area contributed by atoms with Gasteiger partial charge in [0, 0.05) is 6.54 Å². The second-order valence-electron chi connectivity index (χ2n) is 4.45. The van der Waals surface area contributed by atoms with E-state index in [4.69, 9.17) is 0 Å². The Balaban J connectivity index is 2.00. The molecule has 2 atom stereocenters. The molecule has 2 rings (SSSR count). The molecule has 96 valence electrons. The van der Waals surface area contributed by atoms with Crippen LogP contribution in [0.25, 0.3) is 0 Å². The molecule has 1 aliphatic rings. The van der Waals surface area contributed by atoms with Crippen molar-refractivity contribution in [2.24, 2.45) is 5.92 Å². The summed E-state index contributed by atoms with van der Waals surface area (Å²) in [4.78, 5) is 4.02. The number of hydrogen-bond acceptors (Lipinski definition) is 5. The molecule has 6 nitrogen and oxygen atoms in total. The van der Waals surface area contributed by atoms with Gasteiger partial charge in [0.05, 0.1) is 11.5 Å². The molecule has 17 heavy (non-hydrogen) atoms. The minimum atomic E-state index is -2.88. The van der Waals surface area contributed by atoms with Crippen LogP contribution in [0.3, 0.4) is 0 Å². The van der Waals surface area contributed by atoms with Crippen LogP contribution in [-0.4, -0.2) is 39.8 Å². The van der Waals surface area contributed by atoms with Crippen LogP contribution in [0.1, 0.15) is 31.7 Å². The van der Waals surface area contributed by atoms with Crippen LogP contribution in [0, 0.1) is 5.92 Å². The first-order valence-corrected chi connectivity index (χ1v) is 7.60. The van der Waals surface area contributed by atoms with E-state index in [0.29, 0.717) is 25.2 Å². The zero-order valence-electron chi connectivity index (χ0n) is 9.78. The van der Waals surface area contributed by atoms with E-state index in [1.165, 1.54) is 6.33 Å². The summed E-state index contributed by atoms with van der Waals surface area (Å²) in [6.07, 6.45) is 1.76. The maximum atomic E-state index is 11.3. The zero-order valence-corrected chi connectivity index (χ0v) is 10.6. The van der Waals surface area contributed by atoms with Crippen molar-refractivity contribution in [2.75, 3.05) is 11.5 Å². The van der Waals surface area contributed by atoms with Gasteiger partial charge in [-0.3, -0.25) is 0 Å². The third-order valence-electron chi connectivity index (χ3n) is 3.13. The second kappa shape index (κ2) is 4.73. The highest BCUT2D eigenvalue weighted by molar-refractivity contribution is 7.91. The van der Waals surface area contributed by atoms with E-state index in [0.717, 1.165) is 0 Å². The summed E-state index contributed by atoms with van der Waals surface area (Å²) < 4.78 is 24.3. The highest BCUT2D eigenvalue weighted by Crippen LogP contribution is 2.27. The summed E-state index contributed by atoms with van der Waals surface area (Å²) in [7, 11) is -2.88. The van der Waals surface area contributed by atoms with Gasteiger partial charge >= 0.3 is 0 Å². The van der Waals surface area contributed by atoms with Crippen molar-refractivity contribution >= 4 is 9.84 Å². The molecule has 0 spiro atoms. The molecule has 7 heteroatoms. The van der Waals surface area contributed by atoms with Crippen LogP contribution < -0.4 is 0 Å². The highest BCUT2D eigenvalue weighted by Gasteiger charge is 2.30. The van der Waals surface area contributed by atoms with Gasteiger partial charge in [0.15, 0.2) is 15.7 Å². The predicted molar refractivity (Wildman–Crippen MR) is 62.0 cm³/mol. The molecule has 0 bridgehead atoms. The molecule has 0 amide bonds. The number of aryl methyl sites for hydroxylation is 1. The molecule has 0 radical (unpaired) electrons. The van der Waals surface area contributed by atoms with Gasteiger partial charge in [0.25, 0.3) is 0 Å². The van der Waals surface area contributed by atoms with Gasteiger partial charge in [-0.15, -0.1) is 0 Å². The summed E-state index contributed by atoms with van der Waals surface area (Å²) in [5.41, 5.74) is 0. The number of nitrogens with zero attached hydrogens (tertiary/aromatic N) is 3. The van der Waals surface area contributed by atoms with Gasteiger partial charge in [-0.25, -0.2) is 18.1 Å². The Hall–Kier alpha value is -0.950. The van der Waals surface area contributed by atoms with Crippen LogP contribution in [0.5, 0.6) is 0 Å². The minimum absolute atomic E-state index is 0.0389. The van der Waals surface area contributed by atoms with Gasteiger partial charge in [-0.1, -0.05) is 0 Å². The molecular formula is C10H17N3O3S. The van der Waals surface area contributed by atoms with E-state index in [2.05, 4.69) is 10.1 Å². The van der Waals surface area contributed by atoms with Crippen molar-refractivity contribution in [1.29, 1.82) is 0 Å². The average molecular weight is 259 g/mol. The lowest BCUT2D eigenvalue weighted by Gasteiger charge is -2.14. The van der Waals surface area contributed by atoms with E-state index in [1.54, 1.807) is 4.68 Å². The minimum Gasteiger partial charge on any atom is -0.385 e. The Kier molecular flexibility index (Phi) is 3.48. The van der Waals surface area contributed by atoms with Crippen LogP contribution in [0.2, 0.25) is 0 Å². The van der Waals surface area contributed by atoms with Crippen LogP contribution in [-0.2, 0) is 16.4 Å². The fourth-order valence-corrected chi connectivity index (χ4v) is 4.13. The summed E-state index contributed by atoms with van der Waals surface area (Å²) in [5, 5.41) is 14.0. The lowest BCUT2D eigenvalue weighted by atomic mass is 10.0. The van der Waals surface area contributed by atoms with Gasteiger partial charge < -0.3 is 5.11 Å². The molecule has 1 fully saturated rings. The fourth-order valence-electron chi connectivity index (χ4n) is 2.25. The molecule has 0 aromatic carbocycles. The number of aliphatic hydroxyl groups excluding tert-OH is 1. The number of aliphatic hydroxyl groups is 1. The molecule has 1 aliphatic heterocycles. The summed E-state index contributed by atoms with van der Waals surface area (Å²) in [5.74, 6) is 0.989. The number of rotatable bonds is 4. The molecule has 1 saturated heterocycles. The summed E-state index contributed by atoms with van der Waals surface area (Å²) in [6.45, 7) is 2.57. The maximum absolute atomic E-state index is 11.3. The van der Waals surface area contributed by atoms with E-state index in [9.17, 15) is 13.5 Å². The normalized spacial score (nSPS) is 24.9. The molecule has 2 unspecified atom stereocenters. The Labute approximate surface area is 101 Å². The van der Waals surface area contributed by atoms with Crippen molar-refractivity contribution in [3.63, 3.8) is 0 Å².